The van der Waals surface area contributed by atoms with Crippen molar-refractivity contribution in [1.82, 2.24) is 5.32 Å². The lowest BCUT2D eigenvalue weighted by atomic mass is 10.2. The summed E-state index contributed by atoms with van der Waals surface area (Å²) >= 11 is 0. The van der Waals surface area contributed by atoms with Crippen LogP contribution in [0.1, 0.15) is 25.3 Å². The van der Waals surface area contributed by atoms with Crippen LogP contribution in [0.3, 0.4) is 0 Å². The zero-order valence-electron chi connectivity index (χ0n) is 12.7. The van der Waals surface area contributed by atoms with E-state index in [-0.39, 0.29) is 5.84 Å². The number of nitrogens with zero attached hydrogens (tertiary/aromatic N) is 1. The first-order valence-corrected chi connectivity index (χ1v) is 7.14. The molecule has 0 aliphatic heterocycles. The van der Waals surface area contributed by atoms with E-state index in [4.69, 9.17) is 20.4 Å². The molecule has 118 valence electrons. The molecule has 1 rings (SSSR count). The van der Waals surface area contributed by atoms with E-state index in [1.54, 1.807) is 31.4 Å². The number of hydrogen-bond acceptors (Lipinski definition) is 5. The quantitative estimate of drug-likeness (QED) is 0.200. The Morgan fingerprint density at radius 1 is 1.38 bits per heavy atom. The topological polar surface area (TPSA) is 89.1 Å². The second-order valence-electron chi connectivity index (χ2n) is 4.75. The summed E-state index contributed by atoms with van der Waals surface area (Å²) in [6.45, 7) is 4.20. The predicted molar refractivity (Wildman–Crippen MR) is 83.0 cm³/mol. The summed E-state index contributed by atoms with van der Waals surface area (Å²) in [7, 11) is 1.71. The van der Waals surface area contributed by atoms with E-state index in [1.807, 2.05) is 0 Å². The number of methoxy groups -OCH3 is 1. The second-order valence-corrected chi connectivity index (χ2v) is 4.75. The van der Waals surface area contributed by atoms with E-state index in [0.717, 1.165) is 25.1 Å². The lowest BCUT2D eigenvalue weighted by molar-refractivity contribution is 0.158. The van der Waals surface area contributed by atoms with Gasteiger partial charge in [-0.15, -0.1) is 0 Å². The van der Waals surface area contributed by atoms with Crippen LogP contribution in [0.5, 0.6) is 5.75 Å². The van der Waals surface area contributed by atoms with E-state index < -0.39 is 0 Å². The fraction of sp³-hybridized carbons (Fsp3) is 0.533. The molecule has 0 aromatic heterocycles. The summed E-state index contributed by atoms with van der Waals surface area (Å²) < 4.78 is 10.8. The van der Waals surface area contributed by atoms with Crippen molar-refractivity contribution in [2.75, 3.05) is 26.9 Å². The highest BCUT2D eigenvalue weighted by Gasteiger charge is 2.06. The van der Waals surface area contributed by atoms with Gasteiger partial charge >= 0.3 is 0 Å². The maximum Gasteiger partial charge on any atom is 0.170 e. The highest BCUT2D eigenvalue weighted by atomic mass is 16.5. The zero-order chi connectivity index (χ0) is 15.5. The Morgan fingerprint density at radius 3 is 2.67 bits per heavy atom. The second kappa shape index (κ2) is 10.0. The van der Waals surface area contributed by atoms with Gasteiger partial charge < -0.3 is 25.7 Å². The summed E-state index contributed by atoms with van der Waals surface area (Å²) in [4.78, 5) is 0. The monoisotopic (exact) mass is 295 g/mol. The highest BCUT2D eigenvalue weighted by molar-refractivity contribution is 5.97. The van der Waals surface area contributed by atoms with Gasteiger partial charge in [0, 0.05) is 25.3 Å². The number of ether oxygens (including phenoxy) is 2. The first-order valence-electron chi connectivity index (χ1n) is 7.14. The fourth-order valence-corrected chi connectivity index (χ4v) is 2.01. The molecular weight excluding hydrogens is 270 g/mol. The Labute approximate surface area is 125 Å². The normalized spacial score (nSPS) is 13.1. The zero-order valence-corrected chi connectivity index (χ0v) is 12.7. The van der Waals surface area contributed by atoms with E-state index in [1.165, 1.54) is 0 Å². The third-order valence-corrected chi connectivity index (χ3v) is 3.07. The van der Waals surface area contributed by atoms with Crippen LogP contribution >= 0.6 is 0 Å². The Hall–Kier alpha value is -1.79. The Kier molecular flexibility index (Phi) is 8.23. The minimum Gasteiger partial charge on any atom is -0.492 e. The maximum atomic E-state index is 8.58. The van der Waals surface area contributed by atoms with Crippen LogP contribution in [-0.4, -0.2) is 44.0 Å². The van der Waals surface area contributed by atoms with Crippen molar-refractivity contribution in [2.24, 2.45) is 10.9 Å². The van der Waals surface area contributed by atoms with Crippen molar-refractivity contribution in [3.8, 4) is 5.75 Å². The maximum absolute atomic E-state index is 8.58. The number of benzene rings is 1. The molecule has 0 saturated heterocycles. The van der Waals surface area contributed by atoms with Gasteiger partial charge in [-0.2, -0.15) is 0 Å². The van der Waals surface area contributed by atoms with E-state index >= 15 is 0 Å². The molecular formula is C15H25N3O3. The van der Waals surface area contributed by atoms with E-state index in [2.05, 4.69) is 17.4 Å². The largest absolute Gasteiger partial charge is 0.492 e. The Balaban J connectivity index is 2.32. The number of nitrogens with two attached hydrogens (primary N) is 1. The number of amidine groups is 1. The molecule has 21 heavy (non-hydrogen) atoms. The molecule has 1 aromatic carbocycles. The molecule has 1 atom stereocenters. The minimum atomic E-state index is 0.0881. The molecule has 6 nitrogen and oxygen atoms in total. The van der Waals surface area contributed by atoms with Crippen molar-refractivity contribution in [2.45, 2.75) is 25.8 Å². The smallest absolute Gasteiger partial charge is 0.170 e. The van der Waals surface area contributed by atoms with Crippen molar-refractivity contribution in [3.05, 3.63) is 29.8 Å². The van der Waals surface area contributed by atoms with E-state index in [0.29, 0.717) is 24.8 Å². The molecule has 0 aliphatic rings. The van der Waals surface area contributed by atoms with Crippen LogP contribution in [0.15, 0.2) is 29.4 Å². The van der Waals surface area contributed by atoms with Gasteiger partial charge in [-0.25, -0.2) is 0 Å². The van der Waals surface area contributed by atoms with Gasteiger partial charge in [0.15, 0.2) is 5.84 Å². The molecule has 0 heterocycles. The van der Waals surface area contributed by atoms with Gasteiger partial charge in [0.2, 0.25) is 0 Å². The molecule has 1 unspecified atom stereocenters. The van der Waals surface area contributed by atoms with Crippen LogP contribution in [0.2, 0.25) is 0 Å². The number of rotatable bonds is 10. The van der Waals surface area contributed by atoms with Crippen LogP contribution in [-0.2, 0) is 4.74 Å². The Bertz CT molecular complexity index is 415. The van der Waals surface area contributed by atoms with Gasteiger partial charge in [0.25, 0.3) is 0 Å². The third-order valence-electron chi connectivity index (χ3n) is 3.07. The lowest BCUT2D eigenvalue weighted by Crippen LogP contribution is -2.35. The molecule has 0 aliphatic carbocycles. The predicted octanol–water partition coefficient (Wildman–Crippen LogP) is 1.56. The summed E-state index contributed by atoms with van der Waals surface area (Å²) in [6.07, 6.45) is 2.21. The summed E-state index contributed by atoms with van der Waals surface area (Å²) in [5.41, 5.74) is 6.15. The molecule has 0 fully saturated rings. The van der Waals surface area contributed by atoms with Crippen LogP contribution in [0.25, 0.3) is 0 Å². The summed E-state index contributed by atoms with van der Waals surface area (Å²) in [6, 6.07) is 7.47. The van der Waals surface area contributed by atoms with Gasteiger partial charge in [-0.3, -0.25) is 0 Å². The molecule has 0 radical (unpaired) electrons. The number of hydrogen-bond donors (Lipinski definition) is 3. The van der Waals surface area contributed by atoms with Crippen molar-refractivity contribution in [3.63, 3.8) is 0 Å². The average Bonchev–Trinajstić information content (AvgIpc) is 2.51. The molecule has 4 N–H and O–H groups in total. The minimum absolute atomic E-state index is 0.0881. The highest BCUT2D eigenvalue weighted by Crippen LogP contribution is 2.11. The average molecular weight is 295 g/mol. The molecule has 0 spiro atoms. The molecule has 0 bridgehead atoms. The fourth-order valence-electron chi connectivity index (χ4n) is 2.01. The van der Waals surface area contributed by atoms with Crippen LogP contribution in [0, 0.1) is 0 Å². The van der Waals surface area contributed by atoms with Gasteiger partial charge in [0.05, 0.1) is 6.61 Å². The van der Waals surface area contributed by atoms with Crippen molar-refractivity contribution >= 4 is 5.84 Å². The van der Waals surface area contributed by atoms with E-state index in [9.17, 15) is 0 Å². The Morgan fingerprint density at radius 2 is 2.10 bits per heavy atom. The first kappa shape index (κ1) is 17.3. The number of oxime groups is 1. The SMILES string of the molecule is CCCC(COC)NCCOc1ccc(C(N)=NO)cc1. The molecule has 6 heteroatoms. The number of nitrogens with one attached hydrogen (secondary N) is 1. The molecule has 1 aromatic rings. The van der Waals surface area contributed by atoms with Crippen LogP contribution < -0.4 is 15.8 Å². The molecule has 0 amide bonds. The van der Waals surface area contributed by atoms with Gasteiger partial charge in [-0.05, 0) is 30.7 Å². The standard InChI is InChI=1S/C15H25N3O3/c1-3-4-13(11-20-2)17-9-10-21-14-7-5-12(6-8-14)15(16)18-19/h5-8,13,17,19H,3-4,9-11H2,1-2H3,(H2,16,18). The van der Waals surface area contributed by atoms with Crippen LogP contribution in [0.4, 0.5) is 0 Å². The van der Waals surface area contributed by atoms with Gasteiger partial charge in [0.1, 0.15) is 12.4 Å². The van der Waals surface area contributed by atoms with Gasteiger partial charge in [-0.1, -0.05) is 18.5 Å². The van der Waals surface area contributed by atoms with Crippen molar-refractivity contribution < 1.29 is 14.7 Å². The molecule has 0 saturated carbocycles. The first-order chi connectivity index (χ1) is 10.2. The third kappa shape index (κ3) is 6.46. The summed E-state index contributed by atoms with van der Waals surface area (Å²) in [5, 5.41) is 14.9. The van der Waals surface area contributed by atoms with Crippen molar-refractivity contribution in [1.29, 1.82) is 0 Å². The lowest BCUT2D eigenvalue weighted by Gasteiger charge is -2.17. The summed E-state index contributed by atoms with van der Waals surface area (Å²) in [5.74, 6) is 0.843.